The third-order valence-electron chi connectivity index (χ3n) is 0.500. The minimum Gasteiger partial charge on any atom is -0.473 e. The van der Waals surface area contributed by atoms with E-state index in [-0.39, 0.29) is 0 Å². The van der Waals surface area contributed by atoms with E-state index in [1.807, 2.05) is 14.1 Å². The molecule has 0 spiro atoms. The van der Waals surface area contributed by atoms with Crippen LogP contribution in [0.4, 0.5) is 0 Å². The van der Waals surface area contributed by atoms with Crippen LogP contribution in [0.2, 0.25) is 0 Å². The van der Waals surface area contributed by atoms with E-state index < -0.39 is 0 Å². The van der Waals surface area contributed by atoms with Crippen LogP contribution in [-0.4, -0.2) is 31.4 Å². The molecule has 48 valence electrons. The van der Waals surface area contributed by atoms with Crippen molar-refractivity contribution < 1.29 is 4.74 Å². The number of hydrogen-bond acceptors (Lipinski definition) is 3. The van der Waals surface area contributed by atoms with E-state index in [1.54, 1.807) is 5.01 Å². The molecule has 0 heterocycles. The molecular formula is C4H10N2OS. The van der Waals surface area contributed by atoms with Crippen molar-refractivity contribution in [2.75, 3.05) is 21.2 Å². The van der Waals surface area contributed by atoms with Crippen molar-refractivity contribution in [3.63, 3.8) is 0 Å². The highest BCUT2D eigenvalue weighted by molar-refractivity contribution is 7.80. The van der Waals surface area contributed by atoms with Crippen LogP contribution < -0.4 is 5.43 Å². The first-order valence-corrected chi connectivity index (χ1v) is 2.59. The molecule has 3 nitrogen and oxygen atoms in total. The van der Waals surface area contributed by atoms with Crippen LogP contribution in [0.15, 0.2) is 0 Å². The van der Waals surface area contributed by atoms with Gasteiger partial charge in [0.1, 0.15) is 0 Å². The van der Waals surface area contributed by atoms with E-state index in [1.165, 1.54) is 7.11 Å². The predicted molar refractivity (Wildman–Crippen MR) is 36.4 cm³/mol. The summed E-state index contributed by atoms with van der Waals surface area (Å²) in [5.74, 6) is 0. The quantitative estimate of drug-likeness (QED) is 0.402. The lowest BCUT2D eigenvalue weighted by Crippen LogP contribution is -2.35. The molecular weight excluding hydrogens is 124 g/mol. The fourth-order valence-corrected chi connectivity index (χ4v) is 0.411. The monoisotopic (exact) mass is 134 g/mol. The van der Waals surface area contributed by atoms with Gasteiger partial charge in [0, 0.05) is 14.1 Å². The van der Waals surface area contributed by atoms with Gasteiger partial charge in [-0.2, -0.15) is 0 Å². The average Bonchev–Trinajstić information content (AvgIpc) is 1.65. The van der Waals surface area contributed by atoms with Gasteiger partial charge in [-0.1, -0.05) is 0 Å². The maximum absolute atomic E-state index is 4.66. The molecule has 0 atom stereocenters. The van der Waals surface area contributed by atoms with E-state index in [0.717, 1.165) is 0 Å². The molecule has 0 unspecified atom stereocenters. The normalized spacial score (nSPS) is 9.00. The number of rotatable bonds is 1. The largest absolute Gasteiger partial charge is 0.473 e. The topological polar surface area (TPSA) is 24.5 Å². The van der Waals surface area contributed by atoms with Gasteiger partial charge >= 0.3 is 0 Å². The number of hydrazine groups is 1. The number of methoxy groups -OCH3 is 1. The number of hydrogen-bond donors (Lipinski definition) is 1. The van der Waals surface area contributed by atoms with Crippen LogP contribution in [0, 0.1) is 0 Å². The van der Waals surface area contributed by atoms with Crippen molar-refractivity contribution in [2.45, 2.75) is 0 Å². The minimum absolute atomic E-state index is 0.384. The molecule has 0 radical (unpaired) electrons. The van der Waals surface area contributed by atoms with Crippen LogP contribution in [0.5, 0.6) is 0 Å². The molecule has 0 rings (SSSR count). The van der Waals surface area contributed by atoms with Gasteiger partial charge in [0.05, 0.1) is 7.11 Å². The predicted octanol–water partition coefficient (Wildman–Crippen LogP) is -0.0161. The maximum atomic E-state index is 4.66. The number of nitrogens with one attached hydrogen (secondary N) is 1. The molecule has 0 aliphatic rings. The summed E-state index contributed by atoms with van der Waals surface area (Å²) in [4.78, 5) is 0. The Balaban J connectivity index is 3.25. The van der Waals surface area contributed by atoms with Gasteiger partial charge in [0.15, 0.2) is 0 Å². The molecule has 0 saturated carbocycles. The Morgan fingerprint density at radius 1 is 1.62 bits per heavy atom. The summed E-state index contributed by atoms with van der Waals surface area (Å²) < 4.78 is 4.64. The highest BCUT2D eigenvalue weighted by Gasteiger charge is 1.90. The second-order valence-electron chi connectivity index (χ2n) is 1.50. The molecule has 0 aliphatic heterocycles. The van der Waals surface area contributed by atoms with E-state index in [0.29, 0.717) is 5.17 Å². The Bertz CT molecular complexity index is 84.1. The lowest BCUT2D eigenvalue weighted by molar-refractivity contribution is 0.299. The molecule has 0 amide bonds. The van der Waals surface area contributed by atoms with Crippen LogP contribution in [0.1, 0.15) is 0 Å². The Kier molecular flexibility index (Phi) is 3.47. The van der Waals surface area contributed by atoms with Crippen molar-refractivity contribution in [1.29, 1.82) is 0 Å². The molecule has 0 saturated heterocycles. The highest BCUT2D eigenvalue weighted by atomic mass is 32.1. The first-order chi connectivity index (χ1) is 3.66. The minimum atomic E-state index is 0.384. The smallest absolute Gasteiger partial charge is 0.271 e. The van der Waals surface area contributed by atoms with Crippen molar-refractivity contribution in [3.05, 3.63) is 0 Å². The fraction of sp³-hybridized carbons (Fsp3) is 0.750. The second-order valence-corrected chi connectivity index (χ2v) is 1.87. The van der Waals surface area contributed by atoms with E-state index in [2.05, 4.69) is 22.4 Å². The number of ether oxygens (including phenoxy) is 1. The summed E-state index contributed by atoms with van der Waals surface area (Å²) >= 11 is 4.66. The molecule has 1 N–H and O–H groups in total. The van der Waals surface area contributed by atoms with Gasteiger partial charge in [0.2, 0.25) is 0 Å². The molecule has 8 heavy (non-hydrogen) atoms. The van der Waals surface area contributed by atoms with Gasteiger partial charge < -0.3 is 4.74 Å². The van der Waals surface area contributed by atoms with E-state index in [9.17, 15) is 0 Å². The molecule has 0 aromatic heterocycles. The fourth-order valence-electron chi connectivity index (χ4n) is 0.228. The van der Waals surface area contributed by atoms with Gasteiger partial charge in [-0.05, 0) is 12.2 Å². The Morgan fingerprint density at radius 3 is 2.25 bits per heavy atom. The first-order valence-electron chi connectivity index (χ1n) is 2.18. The number of thiocarbonyl (C=S) groups is 1. The number of nitrogens with zero attached hydrogens (tertiary/aromatic N) is 1. The van der Waals surface area contributed by atoms with Crippen LogP contribution in [0.25, 0.3) is 0 Å². The lowest BCUT2D eigenvalue weighted by atomic mass is 11.1. The standard InChI is InChI=1S/C4H10N2OS/c1-6(2)5-4(8)7-3/h1-3H3,(H,5,8). The summed E-state index contributed by atoms with van der Waals surface area (Å²) in [6, 6.07) is 0. The molecule has 4 heteroatoms. The summed E-state index contributed by atoms with van der Waals surface area (Å²) in [5.41, 5.74) is 2.73. The zero-order valence-corrected chi connectivity index (χ0v) is 6.08. The SMILES string of the molecule is COC(=S)NN(C)C. The molecule has 0 aliphatic carbocycles. The molecule has 0 bridgehead atoms. The molecule has 0 fully saturated rings. The van der Waals surface area contributed by atoms with Crippen LogP contribution in [-0.2, 0) is 4.74 Å². The van der Waals surface area contributed by atoms with Crippen molar-refractivity contribution >= 4 is 17.4 Å². The summed E-state index contributed by atoms with van der Waals surface area (Å²) in [6.45, 7) is 0. The lowest BCUT2D eigenvalue weighted by Gasteiger charge is -2.11. The van der Waals surface area contributed by atoms with E-state index >= 15 is 0 Å². The maximum Gasteiger partial charge on any atom is 0.271 e. The average molecular weight is 134 g/mol. The molecule has 0 aromatic rings. The Labute approximate surface area is 54.6 Å². The van der Waals surface area contributed by atoms with Crippen molar-refractivity contribution in [1.82, 2.24) is 10.4 Å². The third kappa shape index (κ3) is 3.83. The Hall–Kier alpha value is -0.350. The first kappa shape index (κ1) is 7.65. The second kappa shape index (κ2) is 3.63. The van der Waals surface area contributed by atoms with Crippen molar-refractivity contribution in [2.24, 2.45) is 0 Å². The van der Waals surface area contributed by atoms with Gasteiger partial charge in [-0.3, -0.25) is 5.43 Å². The van der Waals surface area contributed by atoms with Crippen LogP contribution in [0.3, 0.4) is 0 Å². The van der Waals surface area contributed by atoms with Crippen molar-refractivity contribution in [3.8, 4) is 0 Å². The zero-order valence-electron chi connectivity index (χ0n) is 5.26. The van der Waals surface area contributed by atoms with E-state index in [4.69, 9.17) is 0 Å². The zero-order chi connectivity index (χ0) is 6.57. The molecule has 0 aromatic carbocycles. The van der Waals surface area contributed by atoms with Crippen LogP contribution >= 0.6 is 12.2 Å². The highest BCUT2D eigenvalue weighted by Crippen LogP contribution is 1.71. The van der Waals surface area contributed by atoms with Gasteiger partial charge in [0.25, 0.3) is 5.17 Å². The summed E-state index contributed by atoms with van der Waals surface area (Å²) in [6.07, 6.45) is 0. The summed E-state index contributed by atoms with van der Waals surface area (Å²) in [5, 5.41) is 2.10. The van der Waals surface area contributed by atoms with Gasteiger partial charge in [-0.25, -0.2) is 5.01 Å². The Morgan fingerprint density at radius 2 is 2.12 bits per heavy atom. The third-order valence-corrected chi connectivity index (χ3v) is 0.758. The summed E-state index contributed by atoms with van der Waals surface area (Å²) in [7, 11) is 5.20. The van der Waals surface area contributed by atoms with Gasteiger partial charge in [-0.15, -0.1) is 0 Å².